The number of ether oxygens (including phenoxy) is 1. The molecule has 0 fully saturated rings. The summed E-state index contributed by atoms with van der Waals surface area (Å²) in [5, 5.41) is 27.9. The van der Waals surface area contributed by atoms with Gasteiger partial charge in [0.15, 0.2) is 0 Å². The van der Waals surface area contributed by atoms with E-state index >= 15 is 0 Å². The Morgan fingerprint density at radius 1 is 1.30 bits per heavy atom. The zero-order chi connectivity index (χ0) is 24.1. The quantitative estimate of drug-likeness (QED) is 0.282. The number of hydrogen-bond acceptors (Lipinski definition) is 8. The van der Waals surface area contributed by atoms with Gasteiger partial charge in [0.1, 0.15) is 36.0 Å². The molecule has 2 aromatic heterocycles. The van der Waals surface area contributed by atoms with Crippen LogP contribution in [0.4, 0.5) is 5.69 Å². The minimum atomic E-state index is -1.15. The Morgan fingerprint density at radius 2 is 2.00 bits per heavy atom. The number of nitrogens with zero attached hydrogens (tertiary/aromatic N) is 4. The molecule has 0 spiro atoms. The third kappa shape index (κ3) is 5.61. The summed E-state index contributed by atoms with van der Waals surface area (Å²) < 4.78 is 11.9. The first-order chi connectivity index (χ1) is 15.7. The summed E-state index contributed by atoms with van der Waals surface area (Å²) in [5.41, 5.74) is 3.75. The van der Waals surface area contributed by atoms with E-state index in [2.05, 4.69) is 15.6 Å². The fraction of sp³-hybridized carbons (Fsp3) is 0.238. The minimum Gasteiger partial charge on any atom is -0.486 e. The lowest BCUT2D eigenvalue weighted by Crippen LogP contribution is -2.28. The highest BCUT2D eigenvalue weighted by atomic mass is 16.6. The van der Waals surface area contributed by atoms with Crippen molar-refractivity contribution < 1.29 is 28.8 Å². The second kappa shape index (κ2) is 9.77. The molecule has 0 aliphatic carbocycles. The van der Waals surface area contributed by atoms with Crippen LogP contribution < -0.4 is 10.2 Å². The summed E-state index contributed by atoms with van der Waals surface area (Å²) in [6.45, 7) is 4.83. The topological polar surface area (TPSA) is 162 Å². The maximum absolute atomic E-state index is 12.4. The van der Waals surface area contributed by atoms with Gasteiger partial charge in [-0.05, 0) is 62.7 Å². The van der Waals surface area contributed by atoms with Crippen LogP contribution in [0.5, 0.6) is 5.75 Å². The molecule has 2 heterocycles. The van der Waals surface area contributed by atoms with Gasteiger partial charge in [-0.3, -0.25) is 19.6 Å². The van der Waals surface area contributed by atoms with Gasteiger partial charge in [0.05, 0.1) is 10.6 Å². The van der Waals surface area contributed by atoms with Crippen molar-refractivity contribution in [2.24, 2.45) is 5.10 Å². The fourth-order valence-electron chi connectivity index (χ4n) is 2.78. The van der Waals surface area contributed by atoms with Gasteiger partial charge in [-0.25, -0.2) is 10.2 Å². The molecule has 3 aromatic rings. The first kappa shape index (κ1) is 23.2. The number of carboxylic acids is 1. The van der Waals surface area contributed by atoms with Crippen LogP contribution in [0.25, 0.3) is 0 Å². The van der Waals surface area contributed by atoms with Crippen molar-refractivity contribution in [2.45, 2.75) is 33.4 Å². The molecule has 0 aliphatic rings. The molecule has 33 heavy (non-hydrogen) atoms. The van der Waals surface area contributed by atoms with Crippen LogP contribution in [0.3, 0.4) is 0 Å². The maximum atomic E-state index is 12.4. The van der Waals surface area contributed by atoms with Crippen molar-refractivity contribution >= 4 is 23.3 Å². The summed E-state index contributed by atoms with van der Waals surface area (Å²) >= 11 is 0. The average Bonchev–Trinajstić information content (AvgIpc) is 3.42. The third-order valence-corrected chi connectivity index (χ3v) is 4.72. The van der Waals surface area contributed by atoms with E-state index in [1.165, 1.54) is 29.9 Å². The van der Waals surface area contributed by atoms with Gasteiger partial charge < -0.3 is 14.3 Å². The number of carboxylic acid groups (broad SMARTS) is 1. The highest BCUT2D eigenvalue weighted by Gasteiger charge is 2.22. The van der Waals surface area contributed by atoms with Gasteiger partial charge in [-0.1, -0.05) is 0 Å². The zero-order valence-electron chi connectivity index (χ0n) is 18.0. The Balaban J connectivity index is 1.57. The normalized spacial score (nSPS) is 12.3. The number of nitrogens with one attached hydrogen (secondary N) is 1. The first-order valence-corrected chi connectivity index (χ1v) is 9.75. The lowest BCUT2D eigenvalue weighted by atomic mass is 10.1. The molecular weight excluding hydrogens is 434 g/mol. The van der Waals surface area contributed by atoms with Crippen LogP contribution in [-0.2, 0) is 11.4 Å². The molecule has 1 atom stereocenters. The molecule has 12 nitrogen and oxygen atoms in total. The van der Waals surface area contributed by atoms with E-state index in [0.717, 1.165) is 5.56 Å². The van der Waals surface area contributed by atoms with E-state index in [0.29, 0.717) is 17.2 Å². The number of amides is 1. The fourth-order valence-corrected chi connectivity index (χ4v) is 2.78. The summed E-state index contributed by atoms with van der Waals surface area (Å²) in [6, 6.07) is 8.98. The molecule has 172 valence electrons. The lowest BCUT2D eigenvalue weighted by Gasteiger charge is -2.10. The third-order valence-electron chi connectivity index (χ3n) is 4.72. The zero-order valence-corrected chi connectivity index (χ0v) is 18.0. The second-order valence-corrected chi connectivity index (χ2v) is 7.07. The van der Waals surface area contributed by atoms with Crippen molar-refractivity contribution in [3.63, 3.8) is 0 Å². The SMILES string of the molecule is C/C(=N/NC(=O)C(C)n1cc([N+](=O)[O-])c(C)n1)c1ccc(OCc2ccc(C(=O)O)o2)cc1. The summed E-state index contributed by atoms with van der Waals surface area (Å²) in [7, 11) is 0. The van der Waals surface area contributed by atoms with Gasteiger partial charge >= 0.3 is 11.7 Å². The molecule has 12 heteroatoms. The van der Waals surface area contributed by atoms with Crippen molar-refractivity contribution in [2.75, 3.05) is 0 Å². The van der Waals surface area contributed by atoms with E-state index < -0.39 is 22.8 Å². The Hall–Kier alpha value is -4.48. The smallest absolute Gasteiger partial charge is 0.371 e. The molecule has 3 rings (SSSR count). The molecule has 1 amide bonds. The van der Waals surface area contributed by atoms with Crippen LogP contribution in [0, 0.1) is 17.0 Å². The Labute approximate surface area is 187 Å². The Morgan fingerprint density at radius 3 is 2.58 bits per heavy atom. The number of hydrazone groups is 1. The molecule has 0 radical (unpaired) electrons. The number of aromatic nitrogens is 2. The van der Waals surface area contributed by atoms with Crippen LogP contribution in [-0.4, -0.2) is 37.4 Å². The number of benzene rings is 1. The first-order valence-electron chi connectivity index (χ1n) is 9.75. The monoisotopic (exact) mass is 455 g/mol. The van der Waals surface area contributed by atoms with E-state index in [1.807, 2.05) is 0 Å². The molecule has 0 bridgehead atoms. The van der Waals surface area contributed by atoms with Crippen LogP contribution in [0.2, 0.25) is 0 Å². The highest BCUT2D eigenvalue weighted by molar-refractivity contribution is 5.99. The number of aryl methyl sites for hydroxylation is 1. The Kier molecular flexibility index (Phi) is 6.86. The average molecular weight is 455 g/mol. The van der Waals surface area contributed by atoms with Gasteiger partial charge in [0.25, 0.3) is 5.91 Å². The molecule has 0 aliphatic heterocycles. The number of rotatable bonds is 9. The summed E-state index contributed by atoms with van der Waals surface area (Å²) in [4.78, 5) is 33.6. The van der Waals surface area contributed by atoms with Crippen molar-refractivity contribution in [3.05, 3.63) is 75.5 Å². The predicted octanol–water partition coefficient (Wildman–Crippen LogP) is 3.07. The van der Waals surface area contributed by atoms with E-state index in [9.17, 15) is 19.7 Å². The number of carbonyl (C=O) groups is 2. The van der Waals surface area contributed by atoms with Crippen LogP contribution in [0.15, 0.2) is 52.1 Å². The molecular formula is C21H21N5O7. The number of nitro groups is 1. The molecule has 1 aromatic carbocycles. The standard InChI is InChI=1S/C21H21N5O7/c1-12(22-23-20(27)14(3)25-10-18(26(30)31)13(2)24-25)15-4-6-16(7-5-15)32-11-17-8-9-19(33-17)21(28)29/h4-10,14H,11H2,1-3H3,(H,23,27)(H,28,29)/b22-12-. The van der Waals surface area contributed by atoms with Crippen molar-refractivity contribution in [1.82, 2.24) is 15.2 Å². The van der Waals surface area contributed by atoms with Crippen LogP contribution >= 0.6 is 0 Å². The van der Waals surface area contributed by atoms with E-state index in [1.54, 1.807) is 38.1 Å². The molecule has 0 saturated heterocycles. The van der Waals surface area contributed by atoms with Crippen LogP contribution in [0.1, 0.15) is 47.5 Å². The number of furan rings is 1. The van der Waals surface area contributed by atoms with Gasteiger partial charge in [-0.15, -0.1) is 0 Å². The summed E-state index contributed by atoms with van der Waals surface area (Å²) in [5.74, 6) is -0.876. The minimum absolute atomic E-state index is 0.0682. The van der Waals surface area contributed by atoms with Crippen molar-refractivity contribution in [3.8, 4) is 5.75 Å². The lowest BCUT2D eigenvalue weighted by molar-refractivity contribution is -0.385. The van der Waals surface area contributed by atoms with E-state index in [4.69, 9.17) is 14.3 Å². The number of carbonyl (C=O) groups excluding carboxylic acids is 1. The highest BCUT2D eigenvalue weighted by Crippen LogP contribution is 2.19. The van der Waals surface area contributed by atoms with Gasteiger partial charge in [0, 0.05) is 0 Å². The molecule has 0 saturated carbocycles. The molecule has 2 N–H and O–H groups in total. The Bertz CT molecular complexity index is 1210. The van der Waals surface area contributed by atoms with E-state index in [-0.39, 0.29) is 23.7 Å². The number of hydrogen-bond donors (Lipinski definition) is 2. The number of aromatic carboxylic acids is 1. The maximum Gasteiger partial charge on any atom is 0.371 e. The largest absolute Gasteiger partial charge is 0.486 e. The summed E-state index contributed by atoms with van der Waals surface area (Å²) in [6.07, 6.45) is 1.21. The molecule has 1 unspecified atom stereocenters. The van der Waals surface area contributed by atoms with Gasteiger partial charge in [0.2, 0.25) is 5.76 Å². The second-order valence-electron chi connectivity index (χ2n) is 7.07. The van der Waals surface area contributed by atoms with Gasteiger partial charge in [-0.2, -0.15) is 10.2 Å². The predicted molar refractivity (Wildman–Crippen MR) is 115 cm³/mol. The van der Waals surface area contributed by atoms with Crippen molar-refractivity contribution in [1.29, 1.82) is 0 Å².